The van der Waals surface area contributed by atoms with Gasteiger partial charge in [0.05, 0.1) is 15.9 Å². The summed E-state index contributed by atoms with van der Waals surface area (Å²) in [4.78, 5) is 4.45. The van der Waals surface area contributed by atoms with Gasteiger partial charge in [0.1, 0.15) is 0 Å². The highest BCUT2D eigenvalue weighted by molar-refractivity contribution is 7.22. The van der Waals surface area contributed by atoms with Crippen LogP contribution in [-0.4, -0.2) is 4.98 Å². The van der Waals surface area contributed by atoms with Crippen molar-refractivity contribution in [3.8, 4) is 0 Å². The molecule has 0 aliphatic heterocycles. The lowest BCUT2D eigenvalue weighted by Gasteiger charge is -2.10. The van der Waals surface area contributed by atoms with E-state index in [-0.39, 0.29) is 0 Å². The first kappa shape index (κ1) is 12.2. The number of nitrogens with two attached hydrogens (primary N) is 2. The normalized spacial score (nSPS) is 11.2. The summed E-state index contributed by atoms with van der Waals surface area (Å²) >= 11 is 1.49. The third kappa shape index (κ3) is 2.22. The zero-order chi connectivity index (χ0) is 12.4. The molecule has 0 aliphatic carbocycles. The van der Waals surface area contributed by atoms with E-state index in [9.17, 15) is 0 Å². The summed E-state index contributed by atoms with van der Waals surface area (Å²) < 4.78 is 1.05. The van der Waals surface area contributed by atoms with Crippen molar-refractivity contribution >= 4 is 32.4 Å². The maximum atomic E-state index is 6.08. The number of aromatic nitrogens is 1. The Kier molecular flexibility index (Phi) is 3.52. The standard InChI is InChI=1S/C13H19N3S/c1-3-5-8-7-10(14)12-11(9(8)6-4-2)16-13(15)17-12/h7H,3-6,14H2,1-2H3,(H2,15,16). The lowest BCUT2D eigenvalue weighted by Crippen LogP contribution is -1.98. The van der Waals surface area contributed by atoms with Crippen LogP contribution in [0.25, 0.3) is 10.2 Å². The molecule has 1 aromatic heterocycles. The second-order valence-electron chi connectivity index (χ2n) is 4.33. The smallest absolute Gasteiger partial charge is 0.181 e. The number of benzene rings is 1. The number of aryl methyl sites for hydroxylation is 2. The molecular formula is C13H19N3S. The number of fused-ring (bicyclic) bond motifs is 1. The molecule has 0 spiro atoms. The maximum Gasteiger partial charge on any atom is 0.181 e. The molecule has 0 saturated carbocycles. The Morgan fingerprint density at radius 3 is 2.53 bits per heavy atom. The van der Waals surface area contributed by atoms with Crippen LogP contribution in [0.2, 0.25) is 0 Å². The van der Waals surface area contributed by atoms with Crippen LogP contribution in [0.1, 0.15) is 37.8 Å². The van der Waals surface area contributed by atoms with E-state index < -0.39 is 0 Å². The number of nitrogen functional groups attached to an aromatic ring is 2. The lowest BCUT2D eigenvalue weighted by atomic mass is 9.97. The highest BCUT2D eigenvalue weighted by atomic mass is 32.1. The number of hydrogen-bond acceptors (Lipinski definition) is 4. The predicted octanol–water partition coefficient (Wildman–Crippen LogP) is 3.37. The first-order chi connectivity index (χ1) is 8.17. The average Bonchev–Trinajstić information content (AvgIpc) is 2.67. The van der Waals surface area contributed by atoms with Crippen LogP contribution in [0.4, 0.5) is 10.8 Å². The van der Waals surface area contributed by atoms with Crippen LogP contribution >= 0.6 is 11.3 Å². The van der Waals surface area contributed by atoms with E-state index in [1.807, 2.05) is 0 Å². The lowest BCUT2D eigenvalue weighted by molar-refractivity contribution is 0.867. The van der Waals surface area contributed by atoms with Crippen molar-refractivity contribution in [2.75, 3.05) is 11.5 Å². The first-order valence-corrected chi connectivity index (χ1v) is 6.95. The van der Waals surface area contributed by atoms with Crippen molar-refractivity contribution in [3.63, 3.8) is 0 Å². The Labute approximate surface area is 106 Å². The summed E-state index contributed by atoms with van der Waals surface area (Å²) in [6.07, 6.45) is 4.36. The van der Waals surface area contributed by atoms with E-state index in [0.29, 0.717) is 5.13 Å². The number of anilines is 2. The fraction of sp³-hybridized carbons (Fsp3) is 0.462. The summed E-state index contributed by atoms with van der Waals surface area (Å²) in [5.74, 6) is 0. The molecule has 3 nitrogen and oxygen atoms in total. The van der Waals surface area contributed by atoms with Crippen molar-refractivity contribution in [2.24, 2.45) is 0 Å². The summed E-state index contributed by atoms with van der Waals surface area (Å²) in [5, 5.41) is 0.609. The van der Waals surface area contributed by atoms with Crippen molar-refractivity contribution in [2.45, 2.75) is 39.5 Å². The molecule has 1 heterocycles. The Morgan fingerprint density at radius 1 is 1.18 bits per heavy atom. The third-order valence-corrected chi connectivity index (χ3v) is 3.86. The number of thiazole rings is 1. The Balaban J connectivity index is 2.67. The summed E-state index contributed by atoms with van der Waals surface area (Å²) in [6.45, 7) is 4.37. The largest absolute Gasteiger partial charge is 0.398 e. The van der Waals surface area contributed by atoms with Crippen LogP contribution in [-0.2, 0) is 12.8 Å². The van der Waals surface area contributed by atoms with Gasteiger partial charge in [-0.3, -0.25) is 0 Å². The minimum Gasteiger partial charge on any atom is -0.398 e. The van der Waals surface area contributed by atoms with Crippen LogP contribution in [0, 0.1) is 0 Å². The SMILES string of the molecule is CCCc1cc(N)c2sc(N)nc2c1CCC. The molecule has 2 rings (SSSR count). The molecule has 4 heteroatoms. The van der Waals surface area contributed by atoms with Crippen molar-refractivity contribution in [3.05, 3.63) is 17.2 Å². The van der Waals surface area contributed by atoms with Crippen LogP contribution in [0.15, 0.2) is 6.07 Å². The Hall–Kier alpha value is -1.29. The molecule has 0 unspecified atom stereocenters. The molecule has 0 saturated heterocycles. The summed E-state index contributed by atoms with van der Waals surface area (Å²) in [7, 11) is 0. The zero-order valence-electron chi connectivity index (χ0n) is 10.4. The maximum absolute atomic E-state index is 6.08. The highest BCUT2D eigenvalue weighted by Crippen LogP contribution is 2.34. The molecule has 0 amide bonds. The van der Waals surface area contributed by atoms with Crippen molar-refractivity contribution < 1.29 is 0 Å². The Morgan fingerprint density at radius 2 is 1.88 bits per heavy atom. The molecule has 0 fully saturated rings. The quantitative estimate of drug-likeness (QED) is 0.816. The van der Waals surface area contributed by atoms with Gasteiger partial charge in [-0.1, -0.05) is 38.0 Å². The second kappa shape index (κ2) is 4.92. The topological polar surface area (TPSA) is 64.9 Å². The summed E-state index contributed by atoms with van der Waals surface area (Å²) in [6, 6.07) is 2.11. The molecule has 0 bridgehead atoms. The number of hydrogen-bond donors (Lipinski definition) is 2. The van der Waals surface area contributed by atoms with E-state index in [4.69, 9.17) is 11.5 Å². The van der Waals surface area contributed by atoms with E-state index >= 15 is 0 Å². The number of nitrogens with zero attached hydrogens (tertiary/aromatic N) is 1. The summed E-state index contributed by atoms with van der Waals surface area (Å²) in [5.41, 5.74) is 16.4. The van der Waals surface area contributed by atoms with Crippen LogP contribution in [0.3, 0.4) is 0 Å². The molecule has 17 heavy (non-hydrogen) atoms. The van der Waals surface area contributed by atoms with Gasteiger partial charge in [0.25, 0.3) is 0 Å². The van der Waals surface area contributed by atoms with Gasteiger partial charge in [0.15, 0.2) is 5.13 Å². The monoisotopic (exact) mass is 249 g/mol. The van der Waals surface area contributed by atoms with Gasteiger partial charge in [0.2, 0.25) is 0 Å². The van der Waals surface area contributed by atoms with Gasteiger partial charge in [-0.15, -0.1) is 0 Å². The molecule has 2 aromatic rings. The molecule has 0 atom stereocenters. The first-order valence-electron chi connectivity index (χ1n) is 6.13. The highest BCUT2D eigenvalue weighted by Gasteiger charge is 2.13. The molecule has 92 valence electrons. The van der Waals surface area contributed by atoms with Gasteiger partial charge in [-0.25, -0.2) is 4.98 Å². The van der Waals surface area contributed by atoms with E-state index in [0.717, 1.165) is 41.6 Å². The average molecular weight is 249 g/mol. The van der Waals surface area contributed by atoms with E-state index in [2.05, 4.69) is 24.9 Å². The second-order valence-corrected chi connectivity index (χ2v) is 5.36. The fourth-order valence-electron chi connectivity index (χ4n) is 2.25. The zero-order valence-corrected chi connectivity index (χ0v) is 11.2. The van der Waals surface area contributed by atoms with Gasteiger partial charge in [-0.2, -0.15) is 0 Å². The van der Waals surface area contributed by atoms with Gasteiger partial charge >= 0.3 is 0 Å². The third-order valence-electron chi connectivity index (χ3n) is 2.93. The number of rotatable bonds is 4. The van der Waals surface area contributed by atoms with E-state index in [1.165, 1.54) is 22.5 Å². The van der Waals surface area contributed by atoms with Gasteiger partial charge in [-0.05, 0) is 30.0 Å². The minimum absolute atomic E-state index is 0.609. The van der Waals surface area contributed by atoms with Gasteiger partial charge in [0, 0.05) is 0 Å². The van der Waals surface area contributed by atoms with Crippen molar-refractivity contribution in [1.29, 1.82) is 0 Å². The fourth-order valence-corrected chi connectivity index (χ4v) is 3.04. The molecule has 0 aliphatic rings. The molecule has 4 N–H and O–H groups in total. The predicted molar refractivity (Wildman–Crippen MR) is 76.4 cm³/mol. The molecule has 0 radical (unpaired) electrons. The van der Waals surface area contributed by atoms with Crippen LogP contribution in [0.5, 0.6) is 0 Å². The van der Waals surface area contributed by atoms with E-state index in [1.54, 1.807) is 0 Å². The van der Waals surface area contributed by atoms with Gasteiger partial charge < -0.3 is 11.5 Å². The molecule has 1 aromatic carbocycles. The van der Waals surface area contributed by atoms with Crippen LogP contribution < -0.4 is 11.5 Å². The minimum atomic E-state index is 0.609. The van der Waals surface area contributed by atoms with Crippen molar-refractivity contribution in [1.82, 2.24) is 4.98 Å². The Bertz CT molecular complexity index is 531. The molecular weight excluding hydrogens is 230 g/mol.